The average molecular weight is 229 g/mol. The lowest BCUT2D eigenvalue weighted by molar-refractivity contribution is -0.137. The zero-order valence-electron chi connectivity index (χ0n) is 8.85. The van der Waals surface area contributed by atoms with Gasteiger partial charge in [-0.05, 0) is 31.0 Å². The summed E-state index contributed by atoms with van der Waals surface area (Å²) in [6.45, 7) is 4.22. The SMILES string of the molecule is C=CCCCNc1cccc(C(F)(F)F)c1. The van der Waals surface area contributed by atoms with Crippen molar-refractivity contribution in [2.24, 2.45) is 0 Å². The summed E-state index contributed by atoms with van der Waals surface area (Å²) in [6, 6.07) is 5.21. The van der Waals surface area contributed by atoms with Crippen molar-refractivity contribution in [1.29, 1.82) is 0 Å². The molecular formula is C12H14F3N. The number of hydrogen-bond acceptors (Lipinski definition) is 1. The highest BCUT2D eigenvalue weighted by atomic mass is 19.4. The molecule has 0 aliphatic carbocycles. The molecule has 0 unspecified atom stereocenters. The lowest BCUT2D eigenvalue weighted by atomic mass is 10.2. The summed E-state index contributed by atoms with van der Waals surface area (Å²) in [5.74, 6) is 0. The summed E-state index contributed by atoms with van der Waals surface area (Å²) in [6.07, 6.45) is -0.779. The van der Waals surface area contributed by atoms with Crippen LogP contribution in [-0.4, -0.2) is 6.54 Å². The van der Waals surface area contributed by atoms with E-state index in [0.29, 0.717) is 12.2 Å². The molecule has 4 heteroatoms. The summed E-state index contributed by atoms with van der Waals surface area (Å²) in [5, 5.41) is 2.94. The minimum atomic E-state index is -4.28. The van der Waals surface area contributed by atoms with Crippen LogP contribution in [0.3, 0.4) is 0 Å². The number of hydrogen-bond donors (Lipinski definition) is 1. The monoisotopic (exact) mass is 229 g/mol. The average Bonchev–Trinajstić information content (AvgIpc) is 2.24. The molecule has 1 aromatic carbocycles. The molecule has 0 aromatic heterocycles. The van der Waals surface area contributed by atoms with Crippen LogP contribution in [0.15, 0.2) is 36.9 Å². The predicted octanol–water partition coefficient (Wildman–Crippen LogP) is 4.08. The summed E-state index contributed by atoms with van der Waals surface area (Å²) in [5.41, 5.74) is -0.125. The second kappa shape index (κ2) is 5.58. The Morgan fingerprint density at radius 3 is 2.69 bits per heavy atom. The Labute approximate surface area is 93.0 Å². The topological polar surface area (TPSA) is 12.0 Å². The molecule has 88 valence electrons. The van der Waals surface area contributed by atoms with Gasteiger partial charge in [-0.15, -0.1) is 6.58 Å². The number of rotatable bonds is 5. The maximum absolute atomic E-state index is 12.4. The molecule has 0 spiro atoms. The standard InChI is InChI=1S/C12H14F3N/c1-2-3-4-8-16-11-7-5-6-10(9-11)12(13,14)15/h2,5-7,9,16H,1,3-4,8H2. The van der Waals surface area contributed by atoms with E-state index in [9.17, 15) is 13.2 Å². The fourth-order valence-electron chi connectivity index (χ4n) is 1.28. The van der Waals surface area contributed by atoms with E-state index in [1.807, 2.05) is 0 Å². The molecule has 1 aromatic rings. The minimum absolute atomic E-state index is 0.499. The predicted molar refractivity (Wildman–Crippen MR) is 59.4 cm³/mol. The molecule has 0 aliphatic rings. The van der Waals surface area contributed by atoms with Crippen LogP contribution in [0.4, 0.5) is 18.9 Å². The van der Waals surface area contributed by atoms with Gasteiger partial charge in [-0.2, -0.15) is 13.2 Å². The quantitative estimate of drug-likeness (QED) is 0.592. The van der Waals surface area contributed by atoms with Crippen molar-refractivity contribution < 1.29 is 13.2 Å². The third-order valence-electron chi connectivity index (χ3n) is 2.10. The Morgan fingerprint density at radius 2 is 2.06 bits per heavy atom. The molecule has 16 heavy (non-hydrogen) atoms. The van der Waals surface area contributed by atoms with E-state index < -0.39 is 11.7 Å². The van der Waals surface area contributed by atoms with Gasteiger partial charge in [0.2, 0.25) is 0 Å². The smallest absolute Gasteiger partial charge is 0.385 e. The zero-order chi connectivity index (χ0) is 12.0. The van der Waals surface area contributed by atoms with E-state index in [0.717, 1.165) is 25.0 Å². The molecule has 0 fully saturated rings. The van der Waals surface area contributed by atoms with Gasteiger partial charge in [-0.25, -0.2) is 0 Å². The molecule has 0 bridgehead atoms. The molecule has 0 atom stereocenters. The highest BCUT2D eigenvalue weighted by molar-refractivity contribution is 5.46. The van der Waals surface area contributed by atoms with E-state index in [4.69, 9.17) is 0 Å². The Morgan fingerprint density at radius 1 is 1.31 bits per heavy atom. The van der Waals surface area contributed by atoms with Gasteiger partial charge in [0, 0.05) is 12.2 Å². The number of benzene rings is 1. The first-order valence-electron chi connectivity index (χ1n) is 5.06. The third kappa shape index (κ3) is 3.96. The maximum atomic E-state index is 12.4. The van der Waals surface area contributed by atoms with Crippen molar-refractivity contribution >= 4 is 5.69 Å². The molecule has 0 amide bonds. The van der Waals surface area contributed by atoms with Gasteiger partial charge >= 0.3 is 6.18 Å². The van der Waals surface area contributed by atoms with Crippen LogP contribution in [0, 0.1) is 0 Å². The van der Waals surface area contributed by atoms with Crippen LogP contribution in [0.2, 0.25) is 0 Å². The largest absolute Gasteiger partial charge is 0.416 e. The summed E-state index contributed by atoms with van der Waals surface area (Å²) >= 11 is 0. The lowest BCUT2D eigenvalue weighted by Gasteiger charge is -2.10. The van der Waals surface area contributed by atoms with Crippen molar-refractivity contribution in [2.45, 2.75) is 19.0 Å². The first-order chi connectivity index (χ1) is 7.54. The number of anilines is 1. The van der Waals surface area contributed by atoms with E-state index >= 15 is 0 Å². The third-order valence-corrected chi connectivity index (χ3v) is 2.10. The fraction of sp³-hybridized carbons (Fsp3) is 0.333. The van der Waals surface area contributed by atoms with Crippen molar-refractivity contribution in [1.82, 2.24) is 0 Å². The van der Waals surface area contributed by atoms with Crippen LogP contribution in [0.5, 0.6) is 0 Å². The molecule has 1 N–H and O–H groups in total. The highest BCUT2D eigenvalue weighted by Crippen LogP contribution is 2.30. The van der Waals surface area contributed by atoms with E-state index in [-0.39, 0.29) is 0 Å². The van der Waals surface area contributed by atoms with Crippen molar-refractivity contribution in [2.75, 3.05) is 11.9 Å². The van der Waals surface area contributed by atoms with Crippen LogP contribution in [0.1, 0.15) is 18.4 Å². The molecule has 0 saturated carbocycles. The van der Waals surface area contributed by atoms with Crippen LogP contribution >= 0.6 is 0 Å². The Balaban J connectivity index is 2.57. The fourth-order valence-corrected chi connectivity index (χ4v) is 1.28. The lowest BCUT2D eigenvalue weighted by Crippen LogP contribution is -2.06. The van der Waals surface area contributed by atoms with Crippen LogP contribution in [-0.2, 0) is 6.18 Å². The zero-order valence-corrected chi connectivity index (χ0v) is 8.85. The second-order valence-corrected chi connectivity index (χ2v) is 3.44. The molecule has 1 rings (SSSR count). The summed E-state index contributed by atoms with van der Waals surface area (Å²) in [7, 11) is 0. The first-order valence-corrected chi connectivity index (χ1v) is 5.06. The Hall–Kier alpha value is -1.45. The Kier molecular flexibility index (Phi) is 4.40. The first kappa shape index (κ1) is 12.6. The number of unbranched alkanes of at least 4 members (excludes halogenated alkanes) is 1. The van der Waals surface area contributed by atoms with Gasteiger partial charge in [-0.3, -0.25) is 0 Å². The molecule has 0 radical (unpaired) electrons. The molecule has 0 aliphatic heterocycles. The molecule has 0 saturated heterocycles. The Bertz CT molecular complexity index is 344. The normalized spacial score (nSPS) is 11.2. The molecule has 0 heterocycles. The summed E-state index contributed by atoms with van der Waals surface area (Å²) in [4.78, 5) is 0. The van der Waals surface area contributed by atoms with Gasteiger partial charge in [0.25, 0.3) is 0 Å². The van der Waals surface area contributed by atoms with Crippen LogP contribution in [0.25, 0.3) is 0 Å². The van der Waals surface area contributed by atoms with Gasteiger partial charge < -0.3 is 5.32 Å². The number of alkyl halides is 3. The maximum Gasteiger partial charge on any atom is 0.416 e. The van der Waals surface area contributed by atoms with Gasteiger partial charge in [0.15, 0.2) is 0 Å². The minimum Gasteiger partial charge on any atom is -0.385 e. The number of allylic oxidation sites excluding steroid dienone is 1. The number of halogens is 3. The second-order valence-electron chi connectivity index (χ2n) is 3.44. The van der Waals surface area contributed by atoms with Crippen LogP contribution < -0.4 is 5.32 Å². The summed E-state index contributed by atoms with van der Waals surface area (Å²) < 4.78 is 37.1. The van der Waals surface area contributed by atoms with Crippen molar-refractivity contribution in [3.05, 3.63) is 42.5 Å². The number of nitrogens with one attached hydrogen (secondary N) is 1. The van der Waals surface area contributed by atoms with Gasteiger partial charge in [-0.1, -0.05) is 12.1 Å². The van der Waals surface area contributed by atoms with E-state index in [1.165, 1.54) is 6.07 Å². The van der Waals surface area contributed by atoms with E-state index in [2.05, 4.69) is 11.9 Å². The van der Waals surface area contributed by atoms with Crippen molar-refractivity contribution in [3.63, 3.8) is 0 Å². The molecule has 1 nitrogen and oxygen atoms in total. The molecular weight excluding hydrogens is 215 g/mol. The van der Waals surface area contributed by atoms with E-state index in [1.54, 1.807) is 12.1 Å². The van der Waals surface area contributed by atoms with Gasteiger partial charge in [0.05, 0.1) is 5.56 Å². The van der Waals surface area contributed by atoms with Crippen molar-refractivity contribution in [3.8, 4) is 0 Å². The van der Waals surface area contributed by atoms with Gasteiger partial charge in [0.1, 0.15) is 0 Å². The highest BCUT2D eigenvalue weighted by Gasteiger charge is 2.30.